The van der Waals surface area contributed by atoms with Crippen LogP contribution in [0.2, 0.25) is 0 Å². The molecule has 0 aromatic carbocycles. The molecule has 1 aromatic rings. The summed E-state index contributed by atoms with van der Waals surface area (Å²) in [5, 5.41) is 10.8. The first-order valence-corrected chi connectivity index (χ1v) is 7.56. The van der Waals surface area contributed by atoms with Crippen molar-refractivity contribution in [3.8, 4) is 0 Å². The lowest BCUT2D eigenvalue weighted by atomic mass is 9.84. The Balaban J connectivity index is 2.14. The second kappa shape index (κ2) is 6.34. The highest BCUT2D eigenvalue weighted by molar-refractivity contribution is 7.16. The van der Waals surface area contributed by atoms with Crippen LogP contribution in [-0.4, -0.2) is 10.8 Å². The number of nitro groups is 1. The zero-order valence-electron chi connectivity index (χ0n) is 10.1. The van der Waals surface area contributed by atoms with E-state index in [1.165, 1.54) is 49.0 Å². The molecule has 1 aliphatic rings. The van der Waals surface area contributed by atoms with E-state index in [-0.39, 0.29) is 9.92 Å². The Hall–Kier alpha value is -0.870. The molecule has 0 radical (unpaired) electrons. The van der Waals surface area contributed by atoms with Gasteiger partial charge in [0.1, 0.15) is 0 Å². The fraction of sp³-hybridized carbons (Fsp3) is 0.538. The lowest BCUT2D eigenvalue weighted by Gasteiger charge is -2.23. The van der Waals surface area contributed by atoms with Crippen molar-refractivity contribution >= 4 is 34.0 Å². The summed E-state index contributed by atoms with van der Waals surface area (Å²) in [6, 6.07) is 3.36. The van der Waals surface area contributed by atoms with Crippen LogP contribution in [0.25, 0.3) is 6.08 Å². The minimum absolute atomic E-state index is 0.193. The number of halogens is 1. The van der Waals surface area contributed by atoms with Crippen LogP contribution in [0.1, 0.15) is 37.0 Å². The predicted octanol–water partition coefficient (Wildman–Crippen LogP) is 4.86. The summed E-state index contributed by atoms with van der Waals surface area (Å²) in [7, 11) is 0. The minimum atomic E-state index is -0.344. The zero-order chi connectivity index (χ0) is 13.0. The monoisotopic (exact) mass is 285 g/mol. The molecule has 18 heavy (non-hydrogen) atoms. The summed E-state index contributed by atoms with van der Waals surface area (Å²) >= 11 is 7.24. The molecule has 0 aliphatic heterocycles. The van der Waals surface area contributed by atoms with Gasteiger partial charge in [-0.15, -0.1) is 11.6 Å². The quantitative estimate of drug-likeness (QED) is 0.450. The van der Waals surface area contributed by atoms with E-state index in [2.05, 4.69) is 0 Å². The number of allylic oxidation sites excluding steroid dienone is 1. The molecule has 0 atom stereocenters. The van der Waals surface area contributed by atoms with E-state index < -0.39 is 0 Å². The lowest BCUT2D eigenvalue weighted by Crippen LogP contribution is -2.10. The topological polar surface area (TPSA) is 43.1 Å². The van der Waals surface area contributed by atoms with Gasteiger partial charge in [0, 0.05) is 16.8 Å². The van der Waals surface area contributed by atoms with Gasteiger partial charge in [-0.25, -0.2) is 0 Å². The van der Waals surface area contributed by atoms with E-state index in [1.54, 1.807) is 12.1 Å². The average Bonchev–Trinajstić information content (AvgIpc) is 2.86. The molecule has 1 saturated carbocycles. The summed E-state index contributed by atoms with van der Waals surface area (Å²) in [5.41, 5.74) is 1.23. The highest BCUT2D eigenvalue weighted by atomic mass is 35.5. The van der Waals surface area contributed by atoms with Crippen LogP contribution in [0.4, 0.5) is 5.00 Å². The Morgan fingerprint density at radius 3 is 2.72 bits per heavy atom. The van der Waals surface area contributed by atoms with E-state index in [1.807, 2.05) is 6.08 Å². The number of hydrogen-bond acceptors (Lipinski definition) is 3. The molecular formula is C13H16ClNO2S. The summed E-state index contributed by atoms with van der Waals surface area (Å²) in [6.45, 7) is 0. The van der Waals surface area contributed by atoms with Gasteiger partial charge >= 0.3 is 5.00 Å². The molecule has 5 heteroatoms. The molecular weight excluding hydrogens is 270 g/mol. The molecule has 0 saturated heterocycles. The fourth-order valence-electron chi connectivity index (χ4n) is 2.44. The van der Waals surface area contributed by atoms with E-state index >= 15 is 0 Å². The second-order valence-electron chi connectivity index (χ2n) is 4.62. The first-order valence-electron chi connectivity index (χ1n) is 6.21. The molecule has 1 aromatic heterocycles. The maximum atomic E-state index is 10.6. The van der Waals surface area contributed by atoms with Gasteiger partial charge in [-0.05, 0) is 30.9 Å². The summed E-state index contributed by atoms with van der Waals surface area (Å²) in [5.74, 6) is 1.09. The fourth-order valence-corrected chi connectivity index (χ4v) is 3.53. The van der Waals surface area contributed by atoms with E-state index in [0.717, 1.165) is 4.88 Å². The van der Waals surface area contributed by atoms with Crippen LogP contribution in [0, 0.1) is 16.0 Å². The van der Waals surface area contributed by atoms with Crippen LogP contribution in [0.3, 0.4) is 0 Å². The van der Waals surface area contributed by atoms with Crippen molar-refractivity contribution < 1.29 is 4.92 Å². The van der Waals surface area contributed by atoms with Crippen LogP contribution < -0.4 is 0 Å². The molecule has 2 rings (SSSR count). The highest BCUT2D eigenvalue weighted by Crippen LogP contribution is 2.33. The molecule has 0 N–H and O–H groups in total. The SMILES string of the molecule is O=[N+]([O-])c1ccc(/C=C(/CCl)C2CCCCC2)s1. The Morgan fingerprint density at radius 2 is 2.17 bits per heavy atom. The Bertz CT molecular complexity index is 450. The Morgan fingerprint density at radius 1 is 1.44 bits per heavy atom. The van der Waals surface area contributed by atoms with Gasteiger partial charge in [0.05, 0.1) is 4.92 Å². The van der Waals surface area contributed by atoms with Crippen molar-refractivity contribution in [2.24, 2.45) is 5.92 Å². The van der Waals surface area contributed by atoms with Gasteiger partial charge in [-0.3, -0.25) is 10.1 Å². The number of nitrogens with zero attached hydrogens (tertiary/aromatic N) is 1. The smallest absolute Gasteiger partial charge is 0.258 e. The normalized spacial score (nSPS) is 17.9. The first kappa shape index (κ1) is 13.6. The van der Waals surface area contributed by atoms with Crippen molar-refractivity contribution in [3.63, 3.8) is 0 Å². The number of alkyl halides is 1. The molecule has 0 amide bonds. The molecule has 0 spiro atoms. The van der Waals surface area contributed by atoms with Crippen molar-refractivity contribution in [1.82, 2.24) is 0 Å². The second-order valence-corrected chi connectivity index (χ2v) is 5.98. The van der Waals surface area contributed by atoms with Crippen LogP contribution >= 0.6 is 22.9 Å². The molecule has 1 heterocycles. The van der Waals surface area contributed by atoms with E-state index in [0.29, 0.717) is 11.8 Å². The molecule has 1 fully saturated rings. The Labute approximate surface area is 116 Å². The van der Waals surface area contributed by atoms with E-state index in [9.17, 15) is 10.1 Å². The Kier molecular flexibility index (Phi) is 4.78. The number of rotatable bonds is 4. The van der Waals surface area contributed by atoms with Gasteiger partial charge in [-0.2, -0.15) is 0 Å². The third-order valence-corrected chi connectivity index (χ3v) is 4.70. The van der Waals surface area contributed by atoms with Crippen molar-refractivity contribution in [2.45, 2.75) is 32.1 Å². The molecule has 0 unspecified atom stereocenters. The van der Waals surface area contributed by atoms with Gasteiger partial charge in [0.25, 0.3) is 0 Å². The number of thiophene rings is 1. The lowest BCUT2D eigenvalue weighted by molar-refractivity contribution is -0.380. The molecule has 0 bridgehead atoms. The largest absolute Gasteiger partial charge is 0.324 e. The van der Waals surface area contributed by atoms with Crippen molar-refractivity contribution in [1.29, 1.82) is 0 Å². The van der Waals surface area contributed by atoms with Gasteiger partial charge in [0.15, 0.2) is 0 Å². The van der Waals surface area contributed by atoms with E-state index in [4.69, 9.17) is 11.6 Å². The third kappa shape index (κ3) is 3.33. The van der Waals surface area contributed by atoms with Crippen molar-refractivity contribution in [3.05, 3.63) is 32.7 Å². The maximum Gasteiger partial charge on any atom is 0.324 e. The van der Waals surface area contributed by atoms with Gasteiger partial charge < -0.3 is 0 Å². The number of hydrogen-bond donors (Lipinski definition) is 0. The predicted molar refractivity (Wildman–Crippen MR) is 76.2 cm³/mol. The van der Waals surface area contributed by atoms with Gasteiger partial charge in [-0.1, -0.05) is 36.2 Å². The first-order chi connectivity index (χ1) is 8.70. The summed E-state index contributed by atoms with van der Waals surface area (Å²) in [6.07, 6.45) is 8.29. The standard InChI is InChI=1S/C13H16ClNO2S/c14-9-11(10-4-2-1-3-5-10)8-12-6-7-13(18-12)15(16)17/h6-8,10H,1-5,9H2/b11-8-. The molecule has 98 valence electrons. The van der Waals surface area contributed by atoms with Crippen LogP contribution in [0.5, 0.6) is 0 Å². The minimum Gasteiger partial charge on any atom is -0.258 e. The highest BCUT2D eigenvalue weighted by Gasteiger charge is 2.18. The van der Waals surface area contributed by atoms with Crippen LogP contribution in [0.15, 0.2) is 17.7 Å². The van der Waals surface area contributed by atoms with Gasteiger partial charge in [0.2, 0.25) is 0 Å². The maximum absolute atomic E-state index is 10.6. The van der Waals surface area contributed by atoms with Crippen molar-refractivity contribution in [2.75, 3.05) is 5.88 Å². The molecule has 3 nitrogen and oxygen atoms in total. The third-order valence-electron chi connectivity index (χ3n) is 3.40. The zero-order valence-corrected chi connectivity index (χ0v) is 11.7. The summed E-state index contributed by atoms with van der Waals surface area (Å²) < 4.78 is 0. The summed E-state index contributed by atoms with van der Waals surface area (Å²) in [4.78, 5) is 11.2. The molecule has 1 aliphatic carbocycles. The average molecular weight is 286 g/mol. The van der Waals surface area contributed by atoms with Crippen LogP contribution in [-0.2, 0) is 0 Å².